The van der Waals surface area contributed by atoms with E-state index in [9.17, 15) is 14.4 Å². The molecule has 1 heterocycles. The molecule has 1 fully saturated rings. The Morgan fingerprint density at radius 1 is 1.44 bits per heavy atom. The van der Waals surface area contributed by atoms with Gasteiger partial charge in [0.25, 0.3) is 5.91 Å². The van der Waals surface area contributed by atoms with Crippen molar-refractivity contribution in [3.05, 3.63) is 0 Å². The van der Waals surface area contributed by atoms with Crippen LogP contribution in [0.15, 0.2) is 0 Å². The summed E-state index contributed by atoms with van der Waals surface area (Å²) in [6.07, 6.45) is 0.256. The number of hydrogen-bond donors (Lipinski definition) is 1. The van der Waals surface area contributed by atoms with Gasteiger partial charge in [-0.25, -0.2) is 10.9 Å². The van der Waals surface area contributed by atoms with Crippen molar-refractivity contribution in [3.8, 4) is 0 Å². The van der Waals surface area contributed by atoms with Crippen molar-refractivity contribution < 1.29 is 19.1 Å². The zero-order valence-electron chi connectivity index (χ0n) is 9.65. The number of amides is 2. The molecule has 0 aliphatic carbocycles. The lowest BCUT2D eigenvalue weighted by Gasteiger charge is -2.28. The molecule has 1 aliphatic rings. The fourth-order valence-electron chi connectivity index (χ4n) is 1.39. The molecule has 2 N–H and O–H groups in total. The number of imide groups is 1. The molecule has 0 spiro atoms. The van der Waals surface area contributed by atoms with Crippen molar-refractivity contribution in [1.29, 1.82) is 0 Å². The highest BCUT2D eigenvalue weighted by Gasteiger charge is 2.39. The number of hydrogen-bond acceptors (Lipinski definition) is 5. The standard InChI is InChI=1S/C10H16N2O4/c1-10(2,3)16-9(15)6-4-5-7(13)12(11)8(6)14/h6H,4-5,11H2,1-3H3/t6-/m1/s1. The second kappa shape index (κ2) is 4.21. The smallest absolute Gasteiger partial charge is 0.319 e. The van der Waals surface area contributed by atoms with Crippen LogP contribution in [-0.4, -0.2) is 28.4 Å². The summed E-state index contributed by atoms with van der Waals surface area (Å²) in [5, 5.41) is 0.498. The van der Waals surface area contributed by atoms with E-state index in [1.165, 1.54) is 0 Å². The molecule has 1 atom stereocenters. The van der Waals surface area contributed by atoms with E-state index in [0.717, 1.165) is 0 Å². The van der Waals surface area contributed by atoms with Crippen molar-refractivity contribution in [1.82, 2.24) is 5.01 Å². The summed E-state index contributed by atoms with van der Waals surface area (Å²) < 4.78 is 5.08. The van der Waals surface area contributed by atoms with Crippen LogP contribution in [0, 0.1) is 5.92 Å². The van der Waals surface area contributed by atoms with E-state index in [1.54, 1.807) is 20.8 Å². The highest BCUT2D eigenvalue weighted by Crippen LogP contribution is 2.20. The minimum absolute atomic E-state index is 0.0894. The Morgan fingerprint density at radius 3 is 2.50 bits per heavy atom. The SMILES string of the molecule is CC(C)(C)OC(=O)[C@@H]1CCC(=O)N(N)C1=O. The highest BCUT2D eigenvalue weighted by atomic mass is 16.6. The van der Waals surface area contributed by atoms with Crippen LogP contribution in [0.4, 0.5) is 0 Å². The molecule has 6 nitrogen and oxygen atoms in total. The lowest BCUT2D eigenvalue weighted by atomic mass is 9.97. The molecule has 16 heavy (non-hydrogen) atoms. The van der Waals surface area contributed by atoms with Gasteiger partial charge >= 0.3 is 5.97 Å². The number of hydrazine groups is 1. The first-order valence-electron chi connectivity index (χ1n) is 5.07. The van der Waals surface area contributed by atoms with Gasteiger partial charge in [-0.2, -0.15) is 0 Å². The number of esters is 1. The quantitative estimate of drug-likeness (QED) is 0.224. The van der Waals surface area contributed by atoms with Crippen LogP contribution in [0.5, 0.6) is 0 Å². The maximum Gasteiger partial charge on any atom is 0.319 e. The molecule has 0 bridgehead atoms. The van der Waals surface area contributed by atoms with Crippen molar-refractivity contribution >= 4 is 17.8 Å². The number of piperidine rings is 1. The van der Waals surface area contributed by atoms with E-state index in [4.69, 9.17) is 10.6 Å². The summed E-state index contributed by atoms with van der Waals surface area (Å²) in [5.74, 6) is 2.50. The maximum absolute atomic E-state index is 11.6. The highest BCUT2D eigenvalue weighted by molar-refractivity contribution is 6.06. The normalized spacial score (nSPS) is 22.2. The summed E-state index contributed by atoms with van der Waals surface area (Å²) in [6, 6.07) is 0. The Labute approximate surface area is 93.7 Å². The monoisotopic (exact) mass is 228 g/mol. The lowest BCUT2D eigenvalue weighted by Crippen LogP contribution is -2.52. The van der Waals surface area contributed by atoms with E-state index in [1.807, 2.05) is 0 Å². The van der Waals surface area contributed by atoms with Crippen LogP contribution in [0.25, 0.3) is 0 Å². The van der Waals surface area contributed by atoms with E-state index >= 15 is 0 Å². The summed E-state index contributed by atoms with van der Waals surface area (Å²) in [6.45, 7) is 5.14. The number of ether oxygens (including phenoxy) is 1. The Hall–Kier alpha value is -1.43. The number of nitrogens with zero attached hydrogens (tertiary/aromatic N) is 1. The largest absolute Gasteiger partial charge is 0.459 e. The number of rotatable bonds is 1. The number of carbonyl (C=O) groups excluding carboxylic acids is 3. The minimum Gasteiger partial charge on any atom is -0.459 e. The average molecular weight is 228 g/mol. The average Bonchev–Trinajstić information content (AvgIpc) is 2.11. The Morgan fingerprint density at radius 2 is 2.00 bits per heavy atom. The molecular formula is C10H16N2O4. The van der Waals surface area contributed by atoms with Crippen LogP contribution >= 0.6 is 0 Å². The van der Waals surface area contributed by atoms with Gasteiger partial charge in [-0.1, -0.05) is 0 Å². The van der Waals surface area contributed by atoms with Crippen LogP contribution in [0.2, 0.25) is 0 Å². The zero-order valence-corrected chi connectivity index (χ0v) is 9.65. The van der Waals surface area contributed by atoms with E-state index < -0.39 is 29.3 Å². The molecule has 0 saturated carbocycles. The Balaban J connectivity index is 2.71. The Bertz CT molecular complexity index is 332. The van der Waals surface area contributed by atoms with Crippen molar-refractivity contribution in [2.24, 2.45) is 11.8 Å². The molecule has 1 saturated heterocycles. The van der Waals surface area contributed by atoms with E-state index in [-0.39, 0.29) is 12.8 Å². The predicted octanol–water partition coefficient (Wildman–Crippen LogP) is -0.0330. The number of carbonyl (C=O) groups is 3. The third-order valence-corrected chi connectivity index (χ3v) is 2.14. The molecule has 6 heteroatoms. The van der Waals surface area contributed by atoms with Gasteiger partial charge in [0, 0.05) is 6.42 Å². The molecule has 0 aromatic heterocycles. The van der Waals surface area contributed by atoms with Crippen LogP contribution < -0.4 is 5.84 Å². The molecule has 90 valence electrons. The van der Waals surface area contributed by atoms with Gasteiger partial charge in [0.15, 0.2) is 0 Å². The first kappa shape index (κ1) is 12.6. The van der Waals surface area contributed by atoms with Crippen molar-refractivity contribution in [2.75, 3.05) is 0 Å². The Kier molecular flexibility index (Phi) is 3.32. The fraction of sp³-hybridized carbons (Fsp3) is 0.700. The topological polar surface area (TPSA) is 89.7 Å². The first-order valence-corrected chi connectivity index (χ1v) is 5.07. The molecular weight excluding hydrogens is 212 g/mol. The third kappa shape index (κ3) is 2.79. The molecule has 0 aromatic rings. The number of nitrogens with two attached hydrogens (primary N) is 1. The molecule has 0 aromatic carbocycles. The third-order valence-electron chi connectivity index (χ3n) is 2.14. The van der Waals surface area contributed by atoms with Gasteiger partial charge in [0.2, 0.25) is 5.91 Å². The van der Waals surface area contributed by atoms with Gasteiger partial charge in [-0.15, -0.1) is 0 Å². The van der Waals surface area contributed by atoms with Gasteiger partial charge in [-0.3, -0.25) is 14.4 Å². The molecule has 2 amide bonds. The summed E-state index contributed by atoms with van der Waals surface area (Å²) >= 11 is 0. The maximum atomic E-state index is 11.6. The first-order chi connectivity index (χ1) is 7.22. The summed E-state index contributed by atoms with van der Waals surface area (Å²) in [5.41, 5.74) is -0.655. The van der Waals surface area contributed by atoms with E-state index in [2.05, 4.69) is 0 Å². The molecule has 1 aliphatic heterocycles. The van der Waals surface area contributed by atoms with Crippen LogP contribution in [0.3, 0.4) is 0 Å². The zero-order chi connectivity index (χ0) is 12.5. The predicted molar refractivity (Wildman–Crippen MR) is 54.6 cm³/mol. The second-order valence-electron chi connectivity index (χ2n) is 4.73. The lowest BCUT2D eigenvalue weighted by molar-refractivity contribution is -0.168. The molecule has 1 rings (SSSR count). The second-order valence-corrected chi connectivity index (χ2v) is 4.73. The van der Waals surface area contributed by atoms with Crippen molar-refractivity contribution in [3.63, 3.8) is 0 Å². The summed E-state index contributed by atoms with van der Waals surface area (Å²) in [4.78, 5) is 34.3. The van der Waals surface area contributed by atoms with E-state index in [0.29, 0.717) is 5.01 Å². The van der Waals surface area contributed by atoms with Gasteiger partial charge in [0.1, 0.15) is 11.5 Å². The molecule has 0 radical (unpaired) electrons. The summed E-state index contributed by atoms with van der Waals surface area (Å²) in [7, 11) is 0. The van der Waals surface area contributed by atoms with Gasteiger partial charge in [0.05, 0.1) is 0 Å². The van der Waals surface area contributed by atoms with Crippen LogP contribution in [-0.2, 0) is 19.1 Å². The van der Waals surface area contributed by atoms with Gasteiger partial charge < -0.3 is 4.74 Å². The van der Waals surface area contributed by atoms with Crippen molar-refractivity contribution in [2.45, 2.75) is 39.2 Å². The fourth-order valence-corrected chi connectivity index (χ4v) is 1.39. The molecule has 0 unspecified atom stereocenters. The minimum atomic E-state index is -0.957. The van der Waals surface area contributed by atoms with Gasteiger partial charge in [-0.05, 0) is 27.2 Å². The van der Waals surface area contributed by atoms with Crippen LogP contribution in [0.1, 0.15) is 33.6 Å².